The van der Waals surface area contributed by atoms with E-state index in [0.29, 0.717) is 31.0 Å². The van der Waals surface area contributed by atoms with Crippen molar-refractivity contribution in [2.75, 3.05) is 31.9 Å². The molecule has 2 aliphatic rings. The molecule has 2 aromatic carbocycles. The first-order valence-corrected chi connectivity index (χ1v) is 9.42. The van der Waals surface area contributed by atoms with Gasteiger partial charge in [0.25, 0.3) is 0 Å². The van der Waals surface area contributed by atoms with Crippen LogP contribution in [0.5, 0.6) is 17.2 Å². The Morgan fingerprint density at radius 3 is 2.79 bits per heavy atom. The third-order valence-corrected chi connectivity index (χ3v) is 4.98. The molecule has 0 spiro atoms. The molecule has 2 aromatic rings. The predicted molar refractivity (Wildman–Crippen MR) is 108 cm³/mol. The number of hydrogen-bond acceptors (Lipinski definition) is 5. The van der Waals surface area contributed by atoms with Gasteiger partial charge >= 0.3 is 0 Å². The van der Waals surface area contributed by atoms with Gasteiger partial charge in [0.1, 0.15) is 5.75 Å². The van der Waals surface area contributed by atoms with Crippen LogP contribution in [0.3, 0.4) is 0 Å². The van der Waals surface area contributed by atoms with Gasteiger partial charge in [0.05, 0.1) is 7.11 Å². The zero-order chi connectivity index (χ0) is 20.2. The smallest absolute Gasteiger partial charge is 0.244 e. The Bertz CT molecular complexity index is 939. The van der Waals surface area contributed by atoms with Crippen LogP contribution < -0.4 is 24.4 Å². The predicted octanol–water partition coefficient (Wildman–Crippen LogP) is 2.61. The highest BCUT2D eigenvalue weighted by Gasteiger charge is 2.31. The van der Waals surface area contributed by atoms with E-state index in [1.54, 1.807) is 18.1 Å². The number of rotatable bonds is 6. The van der Waals surface area contributed by atoms with Crippen molar-refractivity contribution in [1.29, 1.82) is 0 Å². The minimum Gasteiger partial charge on any atom is -0.497 e. The molecule has 150 valence electrons. The summed E-state index contributed by atoms with van der Waals surface area (Å²) in [6.45, 7) is 1.20. The highest BCUT2D eigenvalue weighted by atomic mass is 16.7. The number of hydrogen-bond donors (Lipinski definition) is 1. The molecule has 0 bridgehead atoms. The molecule has 1 fully saturated rings. The highest BCUT2D eigenvalue weighted by Crippen LogP contribution is 2.37. The van der Waals surface area contributed by atoms with Crippen LogP contribution in [0.2, 0.25) is 0 Å². The van der Waals surface area contributed by atoms with E-state index in [1.165, 1.54) is 6.08 Å². The first kappa shape index (κ1) is 18.9. The number of nitrogens with zero attached hydrogens (tertiary/aromatic N) is 1. The molecule has 2 heterocycles. The van der Waals surface area contributed by atoms with Crippen molar-refractivity contribution in [1.82, 2.24) is 5.32 Å². The summed E-state index contributed by atoms with van der Waals surface area (Å²) >= 11 is 0. The highest BCUT2D eigenvalue weighted by molar-refractivity contribution is 5.96. The molecule has 0 unspecified atom stereocenters. The van der Waals surface area contributed by atoms with Gasteiger partial charge in [0.15, 0.2) is 11.5 Å². The van der Waals surface area contributed by atoms with E-state index < -0.39 is 0 Å². The second kappa shape index (κ2) is 8.26. The first-order chi connectivity index (χ1) is 14.1. The van der Waals surface area contributed by atoms with Crippen molar-refractivity contribution in [3.8, 4) is 17.2 Å². The maximum atomic E-state index is 12.4. The number of fused-ring (bicyclic) bond motifs is 1. The second-order valence-electron chi connectivity index (χ2n) is 6.96. The average molecular weight is 394 g/mol. The lowest BCUT2D eigenvalue weighted by molar-refractivity contribution is -0.118. The van der Waals surface area contributed by atoms with E-state index in [0.717, 1.165) is 17.0 Å². The van der Waals surface area contributed by atoms with E-state index in [1.807, 2.05) is 42.5 Å². The first-order valence-electron chi connectivity index (χ1n) is 9.42. The standard InChI is InChI=1S/C22H22N2O5/c1-27-18-6-2-15(3-7-18)4-9-21(25)23-12-16-10-22(26)24(13-16)17-5-8-19-20(11-17)29-14-28-19/h2-9,11,16H,10,12-14H2,1H3,(H,23,25)/b9-4-/t16-/m0/s1. The quantitative estimate of drug-likeness (QED) is 0.762. The van der Waals surface area contributed by atoms with E-state index in [4.69, 9.17) is 14.2 Å². The Morgan fingerprint density at radius 2 is 2.00 bits per heavy atom. The molecular weight excluding hydrogens is 372 g/mol. The summed E-state index contributed by atoms with van der Waals surface area (Å²) < 4.78 is 15.8. The second-order valence-corrected chi connectivity index (χ2v) is 6.96. The van der Waals surface area contributed by atoms with E-state index in [-0.39, 0.29) is 24.5 Å². The molecule has 7 heteroatoms. The molecule has 1 saturated heterocycles. The van der Waals surface area contributed by atoms with Crippen LogP contribution in [0.25, 0.3) is 6.08 Å². The molecule has 29 heavy (non-hydrogen) atoms. The molecule has 4 rings (SSSR count). The molecule has 1 atom stereocenters. The van der Waals surface area contributed by atoms with Crippen LogP contribution in [0.4, 0.5) is 5.69 Å². The van der Waals surface area contributed by atoms with Gasteiger partial charge in [-0.15, -0.1) is 0 Å². The van der Waals surface area contributed by atoms with Crippen molar-refractivity contribution >= 4 is 23.6 Å². The third kappa shape index (κ3) is 4.34. The lowest BCUT2D eigenvalue weighted by Crippen LogP contribution is -2.30. The van der Waals surface area contributed by atoms with Crippen LogP contribution in [-0.2, 0) is 9.59 Å². The summed E-state index contributed by atoms with van der Waals surface area (Å²) in [6, 6.07) is 12.9. The van der Waals surface area contributed by atoms with E-state index >= 15 is 0 Å². The number of benzene rings is 2. The van der Waals surface area contributed by atoms with E-state index in [2.05, 4.69) is 5.32 Å². The van der Waals surface area contributed by atoms with Gasteiger partial charge in [0, 0.05) is 43.3 Å². The summed E-state index contributed by atoms with van der Waals surface area (Å²) in [5, 5.41) is 2.88. The monoisotopic (exact) mass is 394 g/mol. The number of methoxy groups -OCH3 is 1. The van der Waals surface area contributed by atoms with Gasteiger partial charge in [-0.2, -0.15) is 0 Å². The van der Waals surface area contributed by atoms with Gasteiger partial charge < -0.3 is 24.4 Å². The summed E-state index contributed by atoms with van der Waals surface area (Å²) in [5.41, 5.74) is 1.69. The largest absolute Gasteiger partial charge is 0.497 e. The van der Waals surface area contributed by atoms with Gasteiger partial charge in [-0.3, -0.25) is 9.59 Å². The van der Waals surface area contributed by atoms with E-state index in [9.17, 15) is 9.59 Å². The fourth-order valence-electron chi connectivity index (χ4n) is 3.41. The van der Waals surface area contributed by atoms with Crippen molar-refractivity contribution in [3.63, 3.8) is 0 Å². The zero-order valence-electron chi connectivity index (χ0n) is 16.1. The number of ether oxygens (including phenoxy) is 3. The van der Waals surface area contributed by atoms with Gasteiger partial charge in [-0.25, -0.2) is 0 Å². The summed E-state index contributed by atoms with van der Waals surface area (Å²) in [6.07, 6.45) is 3.64. The Hall–Kier alpha value is -3.48. The molecule has 0 aromatic heterocycles. The minimum atomic E-state index is -0.185. The molecule has 2 amide bonds. The summed E-state index contributed by atoms with van der Waals surface area (Å²) in [5.74, 6) is 2.02. The lowest BCUT2D eigenvalue weighted by atomic mass is 10.1. The summed E-state index contributed by atoms with van der Waals surface area (Å²) in [4.78, 5) is 26.2. The third-order valence-electron chi connectivity index (χ3n) is 4.98. The van der Waals surface area contributed by atoms with Gasteiger partial charge in [-0.1, -0.05) is 12.1 Å². The molecule has 2 aliphatic heterocycles. The molecule has 0 radical (unpaired) electrons. The van der Waals surface area contributed by atoms with Crippen LogP contribution in [0, 0.1) is 5.92 Å². The molecular formula is C22H22N2O5. The van der Waals surface area contributed by atoms with Crippen LogP contribution in [-0.4, -0.2) is 38.8 Å². The number of carbonyl (C=O) groups excluding carboxylic acids is 2. The van der Waals surface area contributed by atoms with Crippen molar-refractivity contribution < 1.29 is 23.8 Å². The molecule has 0 saturated carbocycles. The zero-order valence-corrected chi connectivity index (χ0v) is 16.1. The average Bonchev–Trinajstić information content (AvgIpc) is 3.36. The van der Waals surface area contributed by atoms with Crippen molar-refractivity contribution in [3.05, 3.63) is 54.1 Å². The van der Waals surface area contributed by atoms with Crippen LogP contribution >= 0.6 is 0 Å². The topological polar surface area (TPSA) is 77.1 Å². The SMILES string of the molecule is COc1ccc(/C=C\C(=O)NC[C@@H]2CC(=O)N(c3ccc4c(c3)OCO4)C2)cc1. The van der Waals surface area contributed by atoms with Crippen molar-refractivity contribution in [2.45, 2.75) is 6.42 Å². The van der Waals surface area contributed by atoms with Gasteiger partial charge in [0.2, 0.25) is 18.6 Å². The Balaban J connectivity index is 1.29. The Morgan fingerprint density at radius 1 is 1.21 bits per heavy atom. The maximum absolute atomic E-state index is 12.4. The normalized spacial score (nSPS) is 17.8. The van der Waals surface area contributed by atoms with Crippen LogP contribution in [0.15, 0.2) is 48.5 Å². The fourth-order valence-corrected chi connectivity index (χ4v) is 3.41. The van der Waals surface area contributed by atoms with Crippen molar-refractivity contribution in [2.24, 2.45) is 5.92 Å². The summed E-state index contributed by atoms with van der Waals surface area (Å²) in [7, 11) is 1.61. The number of nitrogens with one attached hydrogen (secondary N) is 1. The van der Waals surface area contributed by atoms with Gasteiger partial charge in [-0.05, 0) is 35.9 Å². The Labute approximate surface area is 168 Å². The number of anilines is 1. The molecule has 1 N–H and O–H groups in total. The molecule has 0 aliphatic carbocycles. The maximum Gasteiger partial charge on any atom is 0.244 e. The lowest BCUT2D eigenvalue weighted by Gasteiger charge is -2.17. The minimum absolute atomic E-state index is 0.0388. The number of amides is 2. The Kier molecular flexibility index (Phi) is 5.37. The van der Waals surface area contributed by atoms with Crippen LogP contribution in [0.1, 0.15) is 12.0 Å². The fraction of sp³-hybridized carbons (Fsp3) is 0.273. The number of carbonyl (C=O) groups is 2. The molecule has 7 nitrogen and oxygen atoms in total.